The minimum Gasteiger partial charge on any atom is -0.395 e. The fraction of sp³-hybridized carbons (Fsp3) is 0.308. The summed E-state index contributed by atoms with van der Waals surface area (Å²) in [5.41, 5.74) is 0.630. The van der Waals surface area contributed by atoms with Crippen LogP contribution in [0.3, 0.4) is 0 Å². The van der Waals surface area contributed by atoms with Crippen molar-refractivity contribution in [3.05, 3.63) is 23.9 Å². The number of hydrogen-bond acceptors (Lipinski definition) is 5. The molecule has 19 heavy (non-hydrogen) atoms. The summed E-state index contributed by atoms with van der Waals surface area (Å²) in [7, 11) is 0. The van der Waals surface area contributed by atoms with Gasteiger partial charge < -0.3 is 9.84 Å². The zero-order chi connectivity index (χ0) is 13.7. The first kappa shape index (κ1) is 13.2. The van der Waals surface area contributed by atoms with Gasteiger partial charge in [0, 0.05) is 18.2 Å². The van der Waals surface area contributed by atoms with Gasteiger partial charge in [0.25, 0.3) is 11.8 Å². The Labute approximate surface area is 110 Å². The van der Waals surface area contributed by atoms with Crippen LogP contribution in [0.15, 0.2) is 18.3 Å². The highest BCUT2D eigenvalue weighted by Crippen LogP contribution is 2.15. The van der Waals surface area contributed by atoms with E-state index in [1.54, 1.807) is 12.1 Å². The minimum atomic E-state index is -0.441. The Balaban J connectivity index is 2.25. The second-order valence-electron chi connectivity index (χ2n) is 3.79. The summed E-state index contributed by atoms with van der Waals surface area (Å²) in [6, 6.07) is 3.23. The van der Waals surface area contributed by atoms with Crippen molar-refractivity contribution < 1.29 is 19.4 Å². The van der Waals surface area contributed by atoms with E-state index in [4.69, 9.17) is 9.84 Å². The lowest BCUT2D eigenvalue weighted by atomic mass is 10.2. The lowest BCUT2D eigenvalue weighted by Gasteiger charge is -2.23. The molecule has 1 fully saturated rings. The number of hydrogen-bond donors (Lipinski definition) is 1. The fourth-order valence-corrected chi connectivity index (χ4v) is 1.59. The number of aliphatic hydroxyl groups is 1. The highest BCUT2D eigenvalue weighted by molar-refractivity contribution is 6.16. The molecule has 1 aromatic heterocycles. The molecular formula is C13H12N2O4. The molecule has 0 unspecified atom stereocenters. The van der Waals surface area contributed by atoms with Crippen LogP contribution in [0.5, 0.6) is 0 Å². The molecular weight excluding hydrogens is 248 g/mol. The Kier molecular flexibility index (Phi) is 4.23. The van der Waals surface area contributed by atoms with Gasteiger partial charge in [-0.1, -0.05) is 11.8 Å². The highest BCUT2D eigenvalue weighted by atomic mass is 16.5. The Bertz CT molecular complexity index is 543. The van der Waals surface area contributed by atoms with Crippen LogP contribution in [-0.4, -0.2) is 41.7 Å². The predicted molar refractivity (Wildman–Crippen MR) is 66.1 cm³/mol. The second kappa shape index (κ2) is 6.09. The van der Waals surface area contributed by atoms with Gasteiger partial charge in [-0.2, -0.15) is 0 Å². The molecule has 1 aliphatic rings. The third-order valence-corrected chi connectivity index (χ3v) is 2.39. The van der Waals surface area contributed by atoms with Crippen molar-refractivity contribution in [2.45, 2.75) is 6.42 Å². The number of ether oxygens (including phenoxy) is 1. The van der Waals surface area contributed by atoms with Crippen LogP contribution in [-0.2, 0) is 14.3 Å². The smallest absolute Gasteiger partial charge is 0.261 e. The lowest BCUT2D eigenvalue weighted by Crippen LogP contribution is -2.46. The number of aromatic nitrogens is 1. The molecule has 0 saturated carbocycles. The lowest BCUT2D eigenvalue weighted by molar-refractivity contribution is -0.138. The molecule has 0 bridgehead atoms. The van der Waals surface area contributed by atoms with Crippen LogP contribution >= 0.6 is 0 Å². The molecule has 1 N–H and O–H groups in total. The maximum atomic E-state index is 11.6. The maximum absolute atomic E-state index is 11.6. The number of imide groups is 1. The number of carbonyl (C=O) groups is 2. The van der Waals surface area contributed by atoms with Gasteiger partial charge in [0.05, 0.1) is 6.61 Å². The van der Waals surface area contributed by atoms with Gasteiger partial charge in [0.15, 0.2) is 0 Å². The Hall–Kier alpha value is -2.23. The van der Waals surface area contributed by atoms with Crippen molar-refractivity contribution >= 4 is 17.6 Å². The molecule has 1 aliphatic heterocycles. The van der Waals surface area contributed by atoms with Crippen LogP contribution in [0.2, 0.25) is 0 Å². The van der Waals surface area contributed by atoms with Gasteiger partial charge in [-0.15, -0.1) is 0 Å². The van der Waals surface area contributed by atoms with E-state index in [0.717, 1.165) is 4.90 Å². The zero-order valence-electron chi connectivity index (χ0n) is 10.1. The van der Waals surface area contributed by atoms with E-state index in [1.165, 1.54) is 6.20 Å². The number of morpholine rings is 1. The Morgan fingerprint density at radius 1 is 1.37 bits per heavy atom. The van der Waals surface area contributed by atoms with Crippen molar-refractivity contribution in [3.63, 3.8) is 0 Å². The van der Waals surface area contributed by atoms with Gasteiger partial charge in [0.1, 0.15) is 19.0 Å². The summed E-state index contributed by atoms with van der Waals surface area (Å²) in [5, 5.41) is 8.65. The molecule has 0 spiro atoms. The number of anilines is 1. The predicted octanol–water partition coefficient (Wildman–Crippen LogP) is -0.295. The molecule has 0 radical (unpaired) electrons. The van der Waals surface area contributed by atoms with Crippen LogP contribution in [0.1, 0.15) is 12.0 Å². The standard InChI is InChI=1S/C13H12N2O4/c16-6-2-1-3-10-4-5-14-11(7-10)15-12(17)8-19-9-13(15)18/h4-5,7,16H,2,6,8-9H2. The van der Waals surface area contributed by atoms with E-state index in [9.17, 15) is 9.59 Å². The van der Waals surface area contributed by atoms with E-state index in [2.05, 4.69) is 16.8 Å². The van der Waals surface area contributed by atoms with Crippen molar-refractivity contribution in [2.75, 3.05) is 24.7 Å². The maximum Gasteiger partial charge on any atom is 0.261 e. The summed E-state index contributed by atoms with van der Waals surface area (Å²) in [5.74, 6) is 4.95. The van der Waals surface area contributed by atoms with Crippen molar-refractivity contribution in [2.24, 2.45) is 0 Å². The average Bonchev–Trinajstić information content (AvgIpc) is 2.39. The molecule has 2 amide bonds. The first-order chi connectivity index (χ1) is 9.22. The first-order valence-corrected chi connectivity index (χ1v) is 5.71. The van der Waals surface area contributed by atoms with E-state index in [1.807, 2.05) is 0 Å². The van der Waals surface area contributed by atoms with Crippen LogP contribution in [0, 0.1) is 11.8 Å². The molecule has 6 nitrogen and oxygen atoms in total. The number of nitrogens with zero attached hydrogens (tertiary/aromatic N) is 2. The molecule has 6 heteroatoms. The SMILES string of the molecule is O=C1COCC(=O)N1c1cc(C#CCCO)ccn1. The molecule has 0 atom stereocenters. The molecule has 0 aliphatic carbocycles. The van der Waals surface area contributed by atoms with Gasteiger partial charge >= 0.3 is 0 Å². The third-order valence-electron chi connectivity index (χ3n) is 2.39. The number of amides is 2. The highest BCUT2D eigenvalue weighted by Gasteiger charge is 2.29. The van der Waals surface area contributed by atoms with Gasteiger partial charge in [-0.25, -0.2) is 9.88 Å². The van der Waals surface area contributed by atoms with Crippen molar-refractivity contribution in [3.8, 4) is 11.8 Å². The average molecular weight is 260 g/mol. The number of carbonyl (C=O) groups excluding carboxylic acids is 2. The number of aliphatic hydroxyl groups excluding tert-OH is 1. The van der Waals surface area contributed by atoms with Crippen LogP contribution in [0.4, 0.5) is 5.82 Å². The quantitative estimate of drug-likeness (QED) is 0.583. The van der Waals surface area contributed by atoms with E-state index >= 15 is 0 Å². The largest absolute Gasteiger partial charge is 0.395 e. The molecule has 1 aromatic rings. The van der Waals surface area contributed by atoms with E-state index in [-0.39, 0.29) is 25.6 Å². The minimum absolute atomic E-state index is 0.00856. The first-order valence-electron chi connectivity index (χ1n) is 5.71. The van der Waals surface area contributed by atoms with E-state index < -0.39 is 11.8 Å². The summed E-state index contributed by atoms with van der Waals surface area (Å²) in [6.07, 6.45) is 1.85. The molecule has 2 heterocycles. The molecule has 98 valence electrons. The van der Waals surface area contributed by atoms with Gasteiger partial charge in [-0.3, -0.25) is 9.59 Å². The number of rotatable bonds is 2. The zero-order valence-corrected chi connectivity index (χ0v) is 10.1. The molecule has 2 rings (SSSR count). The van der Waals surface area contributed by atoms with Gasteiger partial charge in [-0.05, 0) is 12.1 Å². The summed E-state index contributed by atoms with van der Waals surface area (Å²) in [4.78, 5) is 28.3. The van der Waals surface area contributed by atoms with E-state index in [0.29, 0.717) is 12.0 Å². The summed E-state index contributed by atoms with van der Waals surface area (Å²) >= 11 is 0. The molecule has 0 aromatic carbocycles. The third kappa shape index (κ3) is 3.16. The Morgan fingerprint density at radius 2 is 2.11 bits per heavy atom. The summed E-state index contributed by atoms with van der Waals surface area (Å²) in [6.45, 7) is -0.271. The Morgan fingerprint density at radius 3 is 2.79 bits per heavy atom. The van der Waals surface area contributed by atoms with Crippen molar-refractivity contribution in [1.82, 2.24) is 4.98 Å². The molecule has 1 saturated heterocycles. The normalized spacial score (nSPS) is 15.1. The van der Waals surface area contributed by atoms with Crippen molar-refractivity contribution in [1.29, 1.82) is 0 Å². The van der Waals surface area contributed by atoms with Crippen LogP contribution < -0.4 is 4.90 Å². The monoisotopic (exact) mass is 260 g/mol. The van der Waals surface area contributed by atoms with Gasteiger partial charge in [0.2, 0.25) is 0 Å². The second-order valence-corrected chi connectivity index (χ2v) is 3.79. The fourth-order valence-electron chi connectivity index (χ4n) is 1.59. The topological polar surface area (TPSA) is 79.7 Å². The summed E-state index contributed by atoms with van der Waals surface area (Å²) < 4.78 is 4.83. The van der Waals surface area contributed by atoms with Crippen LogP contribution in [0.25, 0.3) is 0 Å². The number of pyridine rings is 1.